The summed E-state index contributed by atoms with van der Waals surface area (Å²) in [6, 6.07) is 13.8. The number of hydrogen-bond acceptors (Lipinski definition) is 6. The molecule has 1 N–H and O–H groups in total. The molecule has 3 rings (SSSR count). The van der Waals surface area contributed by atoms with Crippen molar-refractivity contribution in [1.29, 1.82) is 5.26 Å². The summed E-state index contributed by atoms with van der Waals surface area (Å²) < 4.78 is 5.71. The summed E-state index contributed by atoms with van der Waals surface area (Å²) in [5.41, 5.74) is 0.573. The van der Waals surface area contributed by atoms with Crippen molar-refractivity contribution >= 4 is 5.82 Å². The molecule has 0 unspecified atom stereocenters. The summed E-state index contributed by atoms with van der Waals surface area (Å²) in [5, 5.41) is 20.7. The first-order chi connectivity index (χ1) is 11.9. The van der Waals surface area contributed by atoms with Crippen molar-refractivity contribution in [2.75, 3.05) is 31.1 Å². The summed E-state index contributed by atoms with van der Waals surface area (Å²) in [5.74, 6) is 1.58. The Balaban J connectivity index is 1.44. The van der Waals surface area contributed by atoms with Gasteiger partial charge in [-0.25, -0.2) is 0 Å². The van der Waals surface area contributed by atoms with Crippen molar-refractivity contribution in [2.45, 2.75) is 18.9 Å². The predicted octanol–water partition coefficient (Wildman–Crippen LogP) is 1.99. The fraction of sp³-hybridized carbons (Fsp3) is 0.389. The Morgan fingerprint density at radius 2 is 2.21 bits per heavy atom. The number of nitriles is 1. The van der Waals surface area contributed by atoms with Crippen LogP contribution in [0.4, 0.5) is 5.82 Å². The van der Waals surface area contributed by atoms with Gasteiger partial charge in [0.25, 0.3) is 0 Å². The molecule has 1 fully saturated rings. The molecule has 0 saturated carbocycles. The van der Waals surface area contributed by atoms with E-state index in [9.17, 15) is 0 Å². The number of hydrogen-bond donors (Lipinski definition) is 1. The SMILES string of the molecule is N#Cc1ccccc1OCCN[C@@H]1CCCN(c2cccnn2)C1. The van der Waals surface area contributed by atoms with Crippen LogP contribution < -0.4 is 15.0 Å². The van der Waals surface area contributed by atoms with Crippen LogP contribution in [0, 0.1) is 11.3 Å². The first kappa shape index (κ1) is 16.2. The second-order valence-corrected chi connectivity index (χ2v) is 5.78. The van der Waals surface area contributed by atoms with Gasteiger partial charge in [0, 0.05) is 31.9 Å². The van der Waals surface area contributed by atoms with Crippen LogP contribution in [0.5, 0.6) is 5.75 Å². The highest BCUT2D eigenvalue weighted by atomic mass is 16.5. The van der Waals surface area contributed by atoms with Gasteiger partial charge in [0.15, 0.2) is 5.82 Å². The van der Waals surface area contributed by atoms with Gasteiger partial charge in [0.05, 0.1) is 5.56 Å². The number of rotatable bonds is 6. The van der Waals surface area contributed by atoms with Gasteiger partial charge in [-0.2, -0.15) is 10.4 Å². The second kappa shape index (κ2) is 8.27. The third-order valence-corrected chi connectivity index (χ3v) is 4.10. The maximum Gasteiger partial charge on any atom is 0.151 e. The van der Waals surface area contributed by atoms with Gasteiger partial charge < -0.3 is 15.0 Å². The van der Waals surface area contributed by atoms with Crippen molar-refractivity contribution in [3.05, 3.63) is 48.2 Å². The summed E-state index contributed by atoms with van der Waals surface area (Å²) in [4.78, 5) is 2.26. The molecular weight excluding hydrogens is 302 g/mol. The molecular formula is C18H21N5O. The maximum absolute atomic E-state index is 9.05. The molecule has 1 saturated heterocycles. The lowest BCUT2D eigenvalue weighted by atomic mass is 10.1. The van der Waals surface area contributed by atoms with E-state index in [1.165, 1.54) is 0 Å². The van der Waals surface area contributed by atoms with Gasteiger partial charge in [0.1, 0.15) is 18.4 Å². The zero-order valence-electron chi connectivity index (χ0n) is 13.6. The van der Waals surface area contributed by atoms with Gasteiger partial charge in [0.2, 0.25) is 0 Å². The van der Waals surface area contributed by atoms with Crippen LogP contribution in [0.15, 0.2) is 42.6 Å². The number of benzene rings is 1. The number of para-hydroxylation sites is 1. The molecule has 0 amide bonds. The van der Waals surface area contributed by atoms with Gasteiger partial charge in [-0.05, 0) is 37.1 Å². The standard InChI is InChI=1S/C18H21N5O/c19-13-15-5-1-2-7-17(15)24-12-10-20-16-6-4-11-23(14-16)18-8-3-9-21-22-18/h1-3,5,7-9,16,20H,4,6,10-12,14H2/t16-/m1/s1. The highest BCUT2D eigenvalue weighted by Gasteiger charge is 2.20. The van der Waals surface area contributed by atoms with Gasteiger partial charge in [-0.15, -0.1) is 5.10 Å². The number of anilines is 1. The fourth-order valence-electron chi connectivity index (χ4n) is 2.92. The number of piperidine rings is 1. The molecule has 1 aromatic carbocycles. The molecule has 2 aromatic rings. The van der Waals surface area contributed by atoms with Crippen molar-refractivity contribution < 1.29 is 4.74 Å². The topological polar surface area (TPSA) is 74.1 Å². The zero-order chi connectivity index (χ0) is 16.6. The summed E-state index contributed by atoms with van der Waals surface area (Å²) in [6.45, 7) is 3.23. The Kier molecular flexibility index (Phi) is 5.59. The molecule has 24 heavy (non-hydrogen) atoms. The number of ether oxygens (including phenoxy) is 1. The summed E-state index contributed by atoms with van der Waals surface area (Å²) in [6.07, 6.45) is 3.97. The van der Waals surface area contributed by atoms with Crippen LogP contribution in [-0.2, 0) is 0 Å². The van der Waals surface area contributed by atoms with Crippen LogP contribution in [-0.4, -0.2) is 42.5 Å². The molecule has 0 aliphatic carbocycles. The molecule has 124 valence electrons. The average molecular weight is 323 g/mol. The highest BCUT2D eigenvalue weighted by Crippen LogP contribution is 2.17. The normalized spacial score (nSPS) is 17.3. The first-order valence-corrected chi connectivity index (χ1v) is 8.25. The van der Waals surface area contributed by atoms with E-state index in [-0.39, 0.29) is 0 Å². The van der Waals surface area contributed by atoms with Crippen molar-refractivity contribution in [2.24, 2.45) is 0 Å². The van der Waals surface area contributed by atoms with Gasteiger partial charge in [-0.1, -0.05) is 12.1 Å². The number of nitrogens with one attached hydrogen (secondary N) is 1. The Morgan fingerprint density at radius 3 is 3.04 bits per heavy atom. The Bertz CT molecular complexity index is 685. The minimum atomic E-state index is 0.413. The molecule has 1 aliphatic rings. The Labute approximate surface area is 142 Å². The zero-order valence-corrected chi connectivity index (χ0v) is 13.6. The van der Waals surface area contributed by atoms with Crippen LogP contribution in [0.1, 0.15) is 18.4 Å². The largest absolute Gasteiger partial charge is 0.491 e. The van der Waals surface area contributed by atoms with E-state index < -0.39 is 0 Å². The van der Waals surface area contributed by atoms with Gasteiger partial charge >= 0.3 is 0 Å². The predicted molar refractivity (Wildman–Crippen MR) is 91.9 cm³/mol. The molecule has 2 heterocycles. The Morgan fingerprint density at radius 1 is 1.29 bits per heavy atom. The van der Waals surface area contributed by atoms with Crippen LogP contribution >= 0.6 is 0 Å². The third kappa shape index (κ3) is 4.21. The third-order valence-electron chi connectivity index (χ3n) is 4.10. The van der Waals surface area contributed by atoms with E-state index in [1.54, 1.807) is 12.3 Å². The van der Waals surface area contributed by atoms with Crippen molar-refractivity contribution in [1.82, 2.24) is 15.5 Å². The lowest BCUT2D eigenvalue weighted by Gasteiger charge is -2.33. The van der Waals surface area contributed by atoms with E-state index in [1.807, 2.05) is 30.3 Å². The van der Waals surface area contributed by atoms with Crippen LogP contribution in [0.3, 0.4) is 0 Å². The highest BCUT2D eigenvalue weighted by molar-refractivity contribution is 5.42. The molecule has 1 aliphatic heterocycles. The minimum Gasteiger partial charge on any atom is -0.491 e. The first-order valence-electron chi connectivity index (χ1n) is 8.25. The molecule has 1 atom stereocenters. The van der Waals surface area contributed by atoms with Crippen molar-refractivity contribution in [3.63, 3.8) is 0 Å². The van der Waals surface area contributed by atoms with E-state index in [4.69, 9.17) is 10.00 Å². The Hall–Kier alpha value is -2.65. The molecule has 6 heteroatoms. The van der Waals surface area contributed by atoms with E-state index >= 15 is 0 Å². The lowest BCUT2D eigenvalue weighted by Crippen LogP contribution is -2.47. The monoisotopic (exact) mass is 323 g/mol. The molecule has 1 aromatic heterocycles. The molecule has 0 radical (unpaired) electrons. The quantitative estimate of drug-likeness (QED) is 0.820. The fourth-order valence-corrected chi connectivity index (χ4v) is 2.92. The van der Waals surface area contributed by atoms with Gasteiger partial charge in [-0.3, -0.25) is 0 Å². The molecule has 0 spiro atoms. The molecule has 6 nitrogen and oxygen atoms in total. The lowest BCUT2D eigenvalue weighted by molar-refractivity contribution is 0.297. The molecule has 0 bridgehead atoms. The minimum absolute atomic E-state index is 0.413. The van der Waals surface area contributed by atoms with E-state index in [0.717, 1.165) is 38.3 Å². The average Bonchev–Trinajstić information content (AvgIpc) is 2.66. The van der Waals surface area contributed by atoms with E-state index in [0.29, 0.717) is 24.0 Å². The smallest absolute Gasteiger partial charge is 0.151 e. The number of aromatic nitrogens is 2. The summed E-state index contributed by atoms with van der Waals surface area (Å²) >= 11 is 0. The second-order valence-electron chi connectivity index (χ2n) is 5.78. The van der Waals surface area contributed by atoms with Crippen LogP contribution in [0.25, 0.3) is 0 Å². The van der Waals surface area contributed by atoms with Crippen molar-refractivity contribution in [3.8, 4) is 11.8 Å². The summed E-state index contributed by atoms with van der Waals surface area (Å²) in [7, 11) is 0. The maximum atomic E-state index is 9.05. The van der Waals surface area contributed by atoms with E-state index in [2.05, 4.69) is 26.5 Å². The van der Waals surface area contributed by atoms with Crippen LogP contribution in [0.2, 0.25) is 0 Å². The number of nitrogens with zero attached hydrogens (tertiary/aromatic N) is 4.